The van der Waals surface area contributed by atoms with Crippen LogP contribution in [-0.4, -0.2) is 23.4 Å². The molecule has 1 aromatic heterocycles. The molecule has 136 valence electrons. The maximum absolute atomic E-state index is 12.1. The van der Waals surface area contributed by atoms with Crippen LogP contribution in [0.2, 0.25) is 0 Å². The third-order valence-electron chi connectivity index (χ3n) is 3.43. The number of carbonyl (C=O) groups excluding carboxylic acids is 1. The lowest BCUT2D eigenvalue weighted by Crippen LogP contribution is -2.28. The van der Waals surface area contributed by atoms with Crippen LogP contribution in [0.4, 0.5) is 13.2 Å². The van der Waals surface area contributed by atoms with Crippen molar-refractivity contribution < 1.29 is 22.7 Å². The molecule has 0 unspecified atom stereocenters. The second kappa shape index (κ2) is 8.19. The van der Waals surface area contributed by atoms with Crippen LogP contribution in [0.15, 0.2) is 34.4 Å². The van der Waals surface area contributed by atoms with E-state index >= 15 is 0 Å². The van der Waals surface area contributed by atoms with Crippen LogP contribution in [0.25, 0.3) is 0 Å². The zero-order chi connectivity index (χ0) is 18.4. The van der Waals surface area contributed by atoms with Gasteiger partial charge in [0.05, 0.1) is 0 Å². The number of aryl methyl sites for hydroxylation is 1. The summed E-state index contributed by atoms with van der Waals surface area (Å²) in [6, 6.07) is 5.50. The molecule has 2 rings (SSSR count). The minimum Gasteiger partial charge on any atom is -0.406 e. The second-order valence-electron chi connectivity index (χ2n) is 5.34. The molecule has 1 heterocycles. The van der Waals surface area contributed by atoms with E-state index in [4.69, 9.17) is 0 Å². The molecule has 0 saturated carbocycles. The highest BCUT2D eigenvalue weighted by Crippen LogP contribution is 2.22. The molecule has 0 atom stereocenters. The van der Waals surface area contributed by atoms with Gasteiger partial charge in [0.1, 0.15) is 5.75 Å². The van der Waals surface area contributed by atoms with E-state index in [9.17, 15) is 22.8 Å². The molecule has 0 aliphatic carbocycles. The molecule has 1 N–H and O–H groups in total. The number of benzene rings is 1. The first kappa shape index (κ1) is 19.0. The van der Waals surface area contributed by atoms with Crippen LogP contribution >= 0.6 is 11.3 Å². The molecule has 0 bridgehead atoms. The van der Waals surface area contributed by atoms with Gasteiger partial charge in [-0.25, -0.2) is 0 Å². The lowest BCUT2D eigenvalue weighted by atomic mass is 10.1. The van der Waals surface area contributed by atoms with Crippen molar-refractivity contribution in [2.45, 2.75) is 32.7 Å². The number of halogens is 3. The van der Waals surface area contributed by atoms with E-state index in [0.29, 0.717) is 19.5 Å². The first-order valence-electron chi connectivity index (χ1n) is 7.51. The van der Waals surface area contributed by atoms with Crippen molar-refractivity contribution in [3.8, 4) is 5.75 Å². The molecule has 0 saturated heterocycles. The van der Waals surface area contributed by atoms with Crippen molar-refractivity contribution in [2.75, 3.05) is 6.54 Å². The Morgan fingerprint density at radius 3 is 2.52 bits per heavy atom. The lowest BCUT2D eigenvalue weighted by Gasteiger charge is -2.10. The summed E-state index contributed by atoms with van der Waals surface area (Å²) < 4.78 is 41.5. The number of hydrogen-bond acceptors (Lipinski definition) is 4. The van der Waals surface area contributed by atoms with Gasteiger partial charge in [0.15, 0.2) is 0 Å². The number of ether oxygens (including phenoxy) is 1. The number of hydrogen-bond donors (Lipinski definition) is 1. The van der Waals surface area contributed by atoms with Crippen LogP contribution in [0.3, 0.4) is 0 Å². The number of thiazole rings is 1. The monoisotopic (exact) mass is 374 g/mol. The Bertz CT molecular complexity index is 766. The molecule has 2 aromatic rings. The fourth-order valence-electron chi connectivity index (χ4n) is 2.18. The fraction of sp³-hybridized carbons (Fsp3) is 0.375. The summed E-state index contributed by atoms with van der Waals surface area (Å²) in [7, 11) is 0. The van der Waals surface area contributed by atoms with Crippen molar-refractivity contribution >= 4 is 17.2 Å². The van der Waals surface area contributed by atoms with Crippen LogP contribution in [0, 0.1) is 6.92 Å². The quantitative estimate of drug-likeness (QED) is 0.811. The molecule has 1 aromatic carbocycles. The number of rotatable bonds is 7. The van der Waals surface area contributed by atoms with E-state index in [1.807, 2.05) is 6.92 Å². The normalized spacial score (nSPS) is 11.4. The van der Waals surface area contributed by atoms with Gasteiger partial charge in [-0.15, -0.1) is 13.2 Å². The van der Waals surface area contributed by atoms with Gasteiger partial charge in [-0.1, -0.05) is 23.5 Å². The topological polar surface area (TPSA) is 60.3 Å². The Balaban J connectivity index is 1.73. The summed E-state index contributed by atoms with van der Waals surface area (Å²) in [6.07, 6.45) is -4.04. The highest BCUT2D eigenvalue weighted by Gasteiger charge is 2.30. The van der Waals surface area contributed by atoms with Crippen molar-refractivity contribution in [2.24, 2.45) is 0 Å². The van der Waals surface area contributed by atoms with E-state index < -0.39 is 6.36 Å². The average Bonchev–Trinajstić information content (AvgIpc) is 2.84. The Hall–Kier alpha value is -2.29. The standard InChI is InChI=1S/C16H17F3N2O3S/c1-11-10-25-15(23)21(11)9-7-14(22)20-8-6-12-2-4-13(5-3-12)24-16(17,18)19/h2-5,10H,6-9H2,1H3,(H,20,22). The molecule has 0 radical (unpaired) electrons. The highest BCUT2D eigenvalue weighted by atomic mass is 32.1. The zero-order valence-corrected chi connectivity index (χ0v) is 14.2. The first-order chi connectivity index (χ1) is 11.7. The molecular weight excluding hydrogens is 357 g/mol. The Kier molecular flexibility index (Phi) is 6.24. The molecular formula is C16H17F3N2O3S. The molecule has 0 aliphatic rings. The Morgan fingerprint density at radius 1 is 1.28 bits per heavy atom. The highest BCUT2D eigenvalue weighted by molar-refractivity contribution is 7.07. The maximum Gasteiger partial charge on any atom is 0.573 e. The molecule has 25 heavy (non-hydrogen) atoms. The smallest absolute Gasteiger partial charge is 0.406 e. The summed E-state index contributed by atoms with van der Waals surface area (Å²) >= 11 is 1.10. The van der Waals surface area contributed by atoms with E-state index in [2.05, 4.69) is 10.1 Å². The summed E-state index contributed by atoms with van der Waals surface area (Å²) in [5, 5.41) is 4.47. The number of alkyl halides is 3. The predicted molar refractivity (Wildman–Crippen MR) is 87.8 cm³/mol. The third kappa shape index (κ3) is 6.26. The van der Waals surface area contributed by atoms with E-state index in [1.54, 1.807) is 9.95 Å². The molecule has 5 nitrogen and oxygen atoms in total. The third-order valence-corrected chi connectivity index (χ3v) is 4.31. The summed E-state index contributed by atoms with van der Waals surface area (Å²) in [6.45, 7) is 2.49. The SMILES string of the molecule is Cc1csc(=O)n1CCC(=O)NCCc1ccc(OC(F)(F)F)cc1. The van der Waals surface area contributed by atoms with Gasteiger partial charge < -0.3 is 14.6 Å². The summed E-state index contributed by atoms with van der Waals surface area (Å²) in [5.41, 5.74) is 1.60. The van der Waals surface area contributed by atoms with Gasteiger partial charge in [-0.05, 0) is 31.0 Å². The van der Waals surface area contributed by atoms with Crippen molar-refractivity contribution in [1.29, 1.82) is 0 Å². The van der Waals surface area contributed by atoms with Gasteiger partial charge in [0.25, 0.3) is 0 Å². The van der Waals surface area contributed by atoms with Crippen molar-refractivity contribution in [1.82, 2.24) is 9.88 Å². The van der Waals surface area contributed by atoms with Crippen molar-refractivity contribution in [3.63, 3.8) is 0 Å². The van der Waals surface area contributed by atoms with Gasteiger partial charge in [0, 0.05) is 30.6 Å². The molecule has 1 amide bonds. The minimum absolute atomic E-state index is 0.0912. The minimum atomic E-state index is -4.71. The number of amides is 1. The second-order valence-corrected chi connectivity index (χ2v) is 6.16. The summed E-state index contributed by atoms with van der Waals surface area (Å²) in [5.74, 6) is -0.466. The first-order valence-corrected chi connectivity index (χ1v) is 8.39. The van der Waals surface area contributed by atoms with Gasteiger partial charge in [-0.3, -0.25) is 9.59 Å². The number of aromatic nitrogens is 1. The van der Waals surface area contributed by atoms with Crippen LogP contribution in [0.1, 0.15) is 17.7 Å². The van der Waals surface area contributed by atoms with Crippen LogP contribution in [0.5, 0.6) is 5.75 Å². The summed E-state index contributed by atoms with van der Waals surface area (Å²) in [4.78, 5) is 23.2. The molecule has 0 fully saturated rings. The molecule has 9 heteroatoms. The molecule has 0 spiro atoms. The number of nitrogens with zero attached hydrogens (tertiary/aromatic N) is 1. The largest absolute Gasteiger partial charge is 0.573 e. The average molecular weight is 374 g/mol. The fourth-order valence-corrected chi connectivity index (χ4v) is 2.94. The molecule has 0 aliphatic heterocycles. The van der Waals surface area contributed by atoms with Crippen LogP contribution in [-0.2, 0) is 17.8 Å². The Morgan fingerprint density at radius 2 is 1.96 bits per heavy atom. The van der Waals surface area contributed by atoms with E-state index in [-0.39, 0.29) is 23.0 Å². The van der Waals surface area contributed by atoms with Crippen molar-refractivity contribution in [3.05, 3.63) is 50.6 Å². The zero-order valence-electron chi connectivity index (χ0n) is 13.4. The Labute approximate surface area is 146 Å². The van der Waals surface area contributed by atoms with Gasteiger partial charge >= 0.3 is 11.2 Å². The van der Waals surface area contributed by atoms with E-state index in [0.717, 1.165) is 22.6 Å². The number of carbonyl (C=O) groups is 1. The van der Waals surface area contributed by atoms with Gasteiger partial charge in [0.2, 0.25) is 5.91 Å². The maximum atomic E-state index is 12.1. The van der Waals surface area contributed by atoms with Gasteiger partial charge in [-0.2, -0.15) is 0 Å². The van der Waals surface area contributed by atoms with E-state index in [1.165, 1.54) is 24.3 Å². The lowest BCUT2D eigenvalue weighted by molar-refractivity contribution is -0.274. The predicted octanol–water partition coefficient (Wildman–Crippen LogP) is 2.87. The number of nitrogens with one attached hydrogen (secondary N) is 1. The van der Waals surface area contributed by atoms with Crippen LogP contribution < -0.4 is 14.9 Å².